The molecule has 1 rings (SSSR count). The summed E-state index contributed by atoms with van der Waals surface area (Å²) >= 11 is 0. The van der Waals surface area contributed by atoms with Crippen LogP contribution in [-0.4, -0.2) is 104 Å². The lowest BCUT2D eigenvalue weighted by Gasteiger charge is -2.28. The number of quaternary nitrogens is 1. The normalized spacial score (nSPS) is 20.6. The summed E-state index contributed by atoms with van der Waals surface area (Å²) in [5.74, 6) is -1.45. The molecule has 61 heavy (non-hydrogen) atoms. The molecule has 354 valence electrons. The summed E-state index contributed by atoms with van der Waals surface area (Å²) in [6, 6.07) is 0. The van der Waals surface area contributed by atoms with Crippen molar-refractivity contribution in [1.82, 2.24) is 0 Å². The monoisotopic (exact) mass is 884 g/mol. The van der Waals surface area contributed by atoms with Gasteiger partial charge in [-0.3, -0.25) is 14.2 Å². The van der Waals surface area contributed by atoms with Crippen LogP contribution in [0.1, 0.15) is 162 Å². The van der Waals surface area contributed by atoms with E-state index in [0.717, 1.165) is 57.8 Å². The number of allylic oxidation sites excluding steroid dienone is 6. The SMILES string of the molecule is CCCCC/C=C\C/C=C\CCCCCCCCCC(=O)O[C@H](COC(=O)CCC/C=C/C[C@@H]1[C@@H](/C=C/[C@@H](O)CCCCC)[C@H](O)C[C@@H]1O)COP(=O)([O-])OCC[N+](C)(C)C. The number of hydrogen-bond acceptors (Lipinski definition) is 11. The molecule has 0 spiro atoms. The minimum Gasteiger partial charge on any atom is -0.756 e. The zero-order chi connectivity index (χ0) is 45.2. The zero-order valence-corrected chi connectivity index (χ0v) is 39.6. The molecule has 1 fully saturated rings. The van der Waals surface area contributed by atoms with Crippen LogP contribution >= 0.6 is 7.82 Å². The van der Waals surface area contributed by atoms with Crippen molar-refractivity contribution in [3.63, 3.8) is 0 Å². The van der Waals surface area contributed by atoms with Gasteiger partial charge in [-0.25, -0.2) is 0 Å². The van der Waals surface area contributed by atoms with Crippen LogP contribution in [0.15, 0.2) is 48.6 Å². The molecule has 1 saturated carbocycles. The number of unbranched alkanes of at least 4 members (excludes halogenated alkanes) is 13. The van der Waals surface area contributed by atoms with Gasteiger partial charge < -0.3 is 43.2 Å². The minimum atomic E-state index is -4.69. The smallest absolute Gasteiger partial charge is 0.306 e. The Morgan fingerprint density at radius 3 is 2.00 bits per heavy atom. The maximum absolute atomic E-state index is 12.7. The molecule has 12 nitrogen and oxygen atoms in total. The van der Waals surface area contributed by atoms with Gasteiger partial charge in [-0.1, -0.05) is 127 Å². The van der Waals surface area contributed by atoms with E-state index in [1.54, 1.807) is 6.08 Å². The first-order chi connectivity index (χ1) is 29.2. The lowest BCUT2D eigenvalue weighted by atomic mass is 9.89. The van der Waals surface area contributed by atoms with Crippen molar-refractivity contribution in [1.29, 1.82) is 0 Å². The van der Waals surface area contributed by atoms with Crippen LogP contribution in [0.3, 0.4) is 0 Å². The highest BCUT2D eigenvalue weighted by molar-refractivity contribution is 7.45. The van der Waals surface area contributed by atoms with Gasteiger partial charge in [0, 0.05) is 25.2 Å². The molecule has 1 unspecified atom stereocenters. The first-order valence-corrected chi connectivity index (χ1v) is 25.1. The van der Waals surface area contributed by atoms with Gasteiger partial charge in [-0.15, -0.1) is 0 Å². The number of likely N-dealkylation sites (N-methyl/N-ethyl adjacent to an activating group) is 1. The van der Waals surface area contributed by atoms with Crippen LogP contribution in [0.5, 0.6) is 0 Å². The van der Waals surface area contributed by atoms with Crippen LogP contribution in [0, 0.1) is 11.8 Å². The lowest BCUT2D eigenvalue weighted by Crippen LogP contribution is -2.37. The van der Waals surface area contributed by atoms with Crippen LogP contribution < -0.4 is 4.89 Å². The summed E-state index contributed by atoms with van der Waals surface area (Å²) in [4.78, 5) is 37.8. The Balaban J connectivity index is 2.48. The largest absolute Gasteiger partial charge is 0.756 e. The van der Waals surface area contributed by atoms with E-state index < -0.39 is 50.8 Å². The second-order valence-electron chi connectivity index (χ2n) is 17.7. The number of carbonyl (C=O) groups is 2. The Bertz CT molecular complexity index is 1300. The molecule has 0 aromatic heterocycles. The number of phosphoric ester groups is 1. The number of phosphoric acid groups is 1. The van der Waals surface area contributed by atoms with E-state index in [4.69, 9.17) is 18.5 Å². The van der Waals surface area contributed by atoms with Gasteiger partial charge in [-0.05, 0) is 70.1 Å². The molecule has 7 atom stereocenters. The summed E-state index contributed by atoms with van der Waals surface area (Å²) in [7, 11) is 1.02. The number of carbonyl (C=O) groups excluding carboxylic acids is 2. The van der Waals surface area contributed by atoms with Crippen LogP contribution in [0.4, 0.5) is 0 Å². The highest BCUT2D eigenvalue weighted by Crippen LogP contribution is 2.38. The number of aliphatic hydroxyl groups is 3. The molecule has 0 amide bonds. The number of hydrogen-bond donors (Lipinski definition) is 3. The average molecular weight is 884 g/mol. The second kappa shape index (κ2) is 35.2. The zero-order valence-electron chi connectivity index (χ0n) is 38.7. The Hall–Kier alpha value is -2.15. The number of esters is 2. The summed E-state index contributed by atoms with van der Waals surface area (Å²) in [6.45, 7) is 3.81. The van der Waals surface area contributed by atoms with E-state index in [1.165, 1.54) is 38.5 Å². The lowest BCUT2D eigenvalue weighted by molar-refractivity contribution is -0.870. The van der Waals surface area contributed by atoms with Crippen LogP contribution in [0.25, 0.3) is 0 Å². The van der Waals surface area contributed by atoms with Crippen molar-refractivity contribution < 1.29 is 57.4 Å². The van der Waals surface area contributed by atoms with Gasteiger partial charge in [0.15, 0.2) is 6.10 Å². The Morgan fingerprint density at radius 2 is 1.33 bits per heavy atom. The van der Waals surface area contributed by atoms with Gasteiger partial charge in [0.05, 0.1) is 46.1 Å². The van der Waals surface area contributed by atoms with Gasteiger partial charge in [0.2, 0.25) is 0 Å². The standard InChI is InChI=1S/C48H86NO11P/c1-6-8-10-11-12-13-14-15-16-17-18-19-20-21-22-23-29-33-48(54)60-42(40-59-61(55,56)58-37-36-49(3,4)5)39-57-47(53)32-28-25-24-27-31-43-44(46(52)38-45(43)51)35-34-41(50)30-26-9-7-2/h12-13,15-16,24,27,34-35,41-46,50-52H,6-11,14,17-23,25-26,28-33,36-40H2,1-5H3/b13-12-,16-15-,27-24+,35-34+/t41-,42+,43+,44+,45-,46+/m0/s1. The Morgan fingerprint density at radius 1 is 0.738 bits per heavy atom. The third kappa shape index (κ3) is 32.2. The molecule has 1 aliphatic rings. The van der Waals surface area contributed by atoms with E-state index in [0.29, 0.717) is 49.6 Å². The van der Waals surface area contributed by atoms with Crippen molar-refractivity contribution in [2.75, 3.05) is 47.5 Å². The molecule has 0 heterocycles. The molecule has 1 aliphatic carbocycles. The molecular weight excluding hydrogens is 797 g/mol. The van der Waals surface area contributed by atoms with E-state index in [1.807, 2.05) is 39.4 Å². The summed E-state index contributed by atoms with van der Waals surface area (Å²) in [5, 5.41) is 31.4. The van der Waals surface area contributed by atoms with Gasteiger partial charge in [-0.2, -0.15) is 0 Å². The molecular formula is C48H86NO11P. The van der Waals surface area contributed by atoms with Crippen molar-refractivity contribution in [3.8, 4) is 0 Å². The highest BCUT2D eigenvalue weighted by Gasteiger charge is 2.39. The van der Waals surface area contributed by atoms with Gasteiger partial charge >= 0.3 is 11.9 Å². The fourth-order valence-corrected chi connectivity index (χ4v) is 7.82. The van der Waals surface area contributed by atoms with E-state index >= 15 is 0 Å². The summed E-state index contributed by atoms with van der Waals surface area (Å²) in [6.07, 6.45) is 33.7. The summed E-state index contributed by atoms with van der Waals surface area (Å²) in [5.41, 5.74) is 0. The fourth-order valence-electron chi connectivity index (χ4n) is 7.09. The number of rotatable bonds is 38. The molecule has 0 aromatic carbocycles. The third-order valence-corrected chi connectivity index (χ3v) is 11.9. The van der Waals surface area contributed by atoms with Gasteiger partial charge in [0.1, 0.15) is 19.8 Å². The van der Waals surface area contributed by atoms with Gasteiger partial charge in [0.25, 0.3) is 7.82 Å². The van der Waals surface area contributed by atoms with E-state index in [2.05, 4.69) is 38.2 Å². The van der Waals surface area contributed by atoms with Crippen LogP contribution in [-0.2, 0) is 32.7 Å². The van der Waals surface area contributed by atoms with E-state index in [9.17, 15) is 34.4 Å². The number of aliphatic hydroxyl groups excluding tert-OH is 3. The highest BCUT2D eigenvalue weighted by atomic mass is 31.2. The molecule has 0 aliphatic heterocycles. The van der Waals surface area contributed by atoms with Crippen LogP contribution in [0.2, 0.25) is 0 Å². The fraction of sp³-hybridized carbons (Fsp3) is 0.792. The average Bonchev–Trinajstić information content (AvgIpc) is 3.47. The van der Waals surface area contributed by atoms with Crippen molar-refractivity contribution in [2.24, 2.45) is 11.8 Å². The molecule has 0 saturated heterocycles. The predicted octanol–water partition coefficient (Wildman–Crippen LogP) is 9.21. The first kappa shape index (κ1) is 56.9. The van der Waals surface area contributed by atoms with Crippen molar-refractivity contribution in [2.45, 2.75) is 186 Å². The third-order valence-electron chi connectivity index (χ3n) is 10.9. The minimum absolute atomic E-state index is 0.0729. The number of ether oxygens (including phenoxy) is 2. The van der Waals surface area contributed by atoms with Crippen molar-refractivity contribution in [3.05, 3.63) is 48.6 Å². The second-order valence-corrected chi connectivity index (χ2v) is 19.1. The van der Waals surface area contributed by atoms with E-state index in [-0.39, 0.29) is 37.9 Å². The molecule has 3 N–H and O–H groups in total. The predicted molar refractivity (Wildman–Crippen MR) is 242 cm³/mol. The maximum Gasteiger partial charge on any atom is 0.306 e. The van der Waals surface area contributed by atoms with Crippen molar-refractivity contribution >= 4 is 19.8 Å². The molecule has 13 heteroatoms. The number of nitrogens with zero attached hydrogens (tertiary/aromatic N) is 1. The molecule has 0 radical (unpaired) electrons. The molecule has 0 aromatic rings. The molecule has 0 bridgehead atoms. The quantitative estimate of drug-likeness (QED) is 0.0178. The Labute approximate surface area is 370 Å². The Kier molecular flexibility index (Phi) is 32.8. The summed E-state index contributed by atoms with van der Waals surface area (Å²) < 4.78 is 33.9. The topological polar surface area (TPSA) is 172 Å². The maximum atomic E-state index is 12.7. The first-order valence-electron chi connectivity index (χ1n) is 23.6.